The molecule has 0 aliphatic carbocycles. The molecule has 3 aromatic heterocycles. The number of alkyl halides is 1. The predicted octanol–water partition coefficient (Wildman–Crippen LogP) is 1.84. The summed E-state index contributed by atoms with van der Waals surface area (Å²) in [6.45, 7) is 0.901. The number of aromatic amines is 1. The SMILES string of the molecule is CN(C)c1nccc(N2C[C@@H](F)C[C@H]2CNc2ncnc3[nH]ccc23)n1. The molecule has 1 saturated heterocycles. The first-order valence-corrected chi connectivity index (χ1v) is 8.55. The number of aromatic nitrogens is 5. The van der Waals surface area contributed by atoms with Crippen molar-refractivity contribution in [3.63, 3.8) is 0 Å². The molecule has 0 radical (unpaired) electrons. The van der Waals surface area contributed by atoms with Crippen LogP contribution in [0.1, 0.15) is 6.42 Å². The first-order valence-electron chi connectivity index (χ1n) is 8.55. The summed E-state index contributed by atoms with van der Waals surface area (Å²) in [7, 11) is 3.77. The number of anilines is 3. The zero-order valence-corrected chi connectivity index (χ0v) is 14.7. The Labute approximate surface area is 150 Å². The Morgan fingerprint density at radius 2 is 2.19 bits per heavy atom. The maximum atomic E-state index is 14.1. The molecular weight excluding hydrogens is 335 g/mol. The summed E-state index contributed by atoms with van der Waals surface area (Å²) in [4.78, 5) is 24.2. The summed E-state index contributed by atoms with van der Waals surface area (Å²) in [6, 6.07) is 3.74. The summed E-state index contributed by atoms with van der Waals surface area (Å²) in [5, 5.41) is 4.26. The van der Waals surface area contributed by atoms with Crippen LogP contribution in [0.3, 0.4) is 0 Å². The first-order chi connectivity index (χ1) is 12.6. The molecule has 2 atom stereocenters. The molecule has 4 heterocycles. The molecule has 8 nitrogen and oxygen atoms in total. The first kappa shape index (κ1) is 16.5. The number of halogens is 1. The minimum Gasteiger partial charge on any atom is -0.367 e. The highest BCUT2D eigenvalue weighted by Gasteiger charge is 2.33. The monoisotopic (exact) mass is 356 g/mol. The number of nitrogens with one attached hydrogen (secondary N) is 2. The second kappa shape index (κ2) is 6.74. The number of fused-ring (bicyclic) bond motifs is 1. The fraction of sp³-hybridized carbons (Fsp3) is 0.412. The van der Waals surface area contributed by atoms with Crippen molar-refractivity contribution >= 4 is 28.6 Å². The minimum atomic E-state index is -0.878. The summed E-state index contributed by atoms with van der Waals surface area (Å²) in [5.41, 5.74) is 0.778. The van der Waals surface area contributed by atoms with Gasteiger partial charge in [-0.05, 0) is 12.1 Å². The predicted molar refractivity (Wildman–Crippen MR) is 99.4 cm³/mol. The minimum absolute atomic E-state index is 0.0149. The molecule has 1 fully saturated rings. The quantitative estimate of drug-likeness (QED) is 0.721. The van der Waals surface area contributed by atoms with Crippen molar-refractivity contribution in [2.45, 2.75) is 18.6 Å². The Hall–Kier alpha value is -2.97. The Balaban J connectivity index is 1.53. The molecule has 136 valence electrons. The van der Waals surface area contributed by atoms with E-state index in [4.69, 9.17) is 0 Å². The second-order valence-corrected chi connectivity index (χ2v) is 6.59. The summed E-state index contributed by atoms with van der Waals surface area (Å²) < 4.78 is 14.1. The number of hydrogen-bond donors (Lipinski definition) is 2. The number of H-pyrrole nitrogens is 1. The molecule has 0 unspecified atom stereocenters. The van der Waals surface area contributed by atoms with Gasteiger partial charge in [0.15, 0.2) is 0 Å². The van der Waals surface area contributed by atoms with Gasteiger partial charge in [0, 0.05) is 39.5 Å². The van der Waals surface area contributed by atoms with E-state index in [-0.39, 0.29) is 6.04 Å². The largest absolute Gasteiger partial charge is 0.367 e. The van der Waals surface area contributed by atoms with Gasteiger partial charge in [-0.1, -0.05) is 0 Å². The van der Waals surface area contributed by atoms with Crippen molar-refractivity contribution in [3.8, 4) is 0 Å². The lowest BCUT2D eigenvalue weighted by Crippen LogP contribution is -2.36. The molecule has 0 bridgehead atoms. The summed E-state index contributed by atoms with van der Waals surface area (Å²) >= 11 is 0. The number of hydrogen-bond acceptors (Lipinski definition) is 7. The Morgan fingerprint density at radius 3 is 3.04 bits per heavy atom. The van der Waals surface area contributed by atoms with Crippen LogP contribution in [0.2, 0.25) is 0 Å². The van der Waals surface area contributed by atoms with Crippen LogP contribution in [0.4, 0.5) is 22.0 Å². The van der Waals surface area contributed by atoms with Crippen molar-refractivity contribution in [2.75, 3.05) is 42.3 Å². The third-order valence-electron chi connectivity index (χ3n) is 4.54. The van der Waals surface area contributed by atoms with Gasteiger partial charge in [-0.25, -0.2) is 19.3 Å². The highest BCUT2D eigenvalue weighted by molar-refractivity contribution is 5.86. The van der Waals surface area contributed by atoms with Gasteiger partial charge >= 0.3 is 0 Å². The van der Waals surface area contributed by atoms with Crippen molar-refractivity contribution in [2.24, 2.45) is 0 Å². The molecule has 9 heteroatoms. The summed E-state index contributed by atoms with van der Waals surface area (Å²) in [6.07, 6.45) is 4.63. The van der Waals surface area contributed by atoms with E-state index in [1.807, 2.05) is 42.2 Å². The third-order valence-corrected chi connectivity index (χ3v) is 4.54. The highest BCUT2D eigenvalue weighted by Crippen LogP contribution is 2.27. The number of rotatable bonds is 5. The van der Waals surface area contributed by atoms with Crippen LogP contribution in [0.15, 0.2) is 30.9 Å². The zero-order chi connectivity index (χ0) is 18.1. The van der Waals surface area contributed by atoms with E-state index in [1.54, 1.807) is 6.20 Å². The Kier molecular flexibility index (Phi) is 4.27. The van der Waals surface area contributed by atoms with E-state index in [1.165, 1.54) is 6.33 Å². The van der Waals surface area contributed by atoms with Gasteiger partial charge in [0.05, 0.1) is 18.0 Å². The zero-order valence-electron chi connectivity index (χ0n) is 14.7. The molecule has 1 aliphatic rings. The van der Waals surface area contributed by atoms with Gasteiger partial charge in [-0.15, -0.1) is 0 Å². The average molecular weight is 356 g/mol. The van der Waals surface area contributed by atoms with Gasteiger partial charge < -0.3 is 20.1 Å². The number of nitrogens with zero attached hydrogens (tertiary/aromatic N) is 6. The van der Waals surface area contributed by atoms with E-state index >= 15 is 0 Å². The van der Waals surface area contributed by atoms with Crippen LogP contribution >= 0.6 is 0 Å². The van der Waals surface area contributed by atoms with E-state index in [9.17, 15) is 4.39 Å². The maximum absolute atomic E-state index is 14.1. The molecule has 1 aliphatic heterocycles. The van der Waals surface area contributed by atoms with Gasteiger partial charge in [0.1, 0.15) is 29.8 Å². The second-order valence-electron chi connectivity index (χ2n) is 6.59. The van der Waals surface area contributed by atoms with E-state index in [0.29, 0.717) is 25.5 Å². The van der Waals surface area contributed by atoms with E-state index in [0.717, 1.165) is 22.7 Å². The van der Waals surface area contributed by atoms with Crippen LogP contribution in [-0.4, -0.2) is 64.3 Å². The fourth-order valence-corrected chi connectivity index (χ4v) is 3.28. The van der Waals surface area contributed by atoms with Gasteiger partial charge in [-0.3, -0.25) is 0 Å². The fourth-order valence-electron chi connectivity index (χ4n) is 3.28. The average Bonchev–Trinajstić information content (AvgIpc) is 3.26. The maximum Gasteiger partial charge on any atom is 0.226 e. The third kappa shape index (κ3) is 3.12. The van der Waals surface area contributed by atoms with Crippen molar-refractivity contribution in [3.05, 3.63) is 30.9 Å². The topological polar surface area (TPSA) is 85.9 Å². The van der Waals surface area contributed by atoms with Crippen LogP contribution < -0.4 is 15.1 Å². The lowest BCUT2D eigenvalue weighted by Gasteiger charge is -2.26. The van der Waals surface area contributed by atoms with Crippen molar-refractivity contribution < 1.29 is 4.39 Å². The normalized spacial score (nSPS) is 19.9. The van der Waals surface area contributed by atoms with Crippen molar-refractivity contribution in [1.29, 1.82) is 0 Å². The Bertz CT molecular complexity index is 895. The molecule has 0 amide bonds. The molecule has 0 aromatic carbocycles. The molecule has 2 N–H and O–H groups in total. The Morgan fingerprint density at radius 1 is 1.31 bits per heavy atom. The van der Waals surface area contributed by atoms with Crippen LogP contribution in [0.5, 0.6) is 0 Å². The standard InChI is InChI=1S/C17H21FN8/c1-25(2)17-20-6-4-14(24-17)26-9-11(18)7-12(26)8-21-16-13-3-5-19-15(13)22-10-23-16/h3-6,10-12H,7-9H2,1-2H3,(H2,19,21,22,23)/t11-,12-/m0/s1. The van der Waals surface area contributed by atoms with Gasteiger partial charge in [-0.2, -0.15) is 4.98 Å². The molecule has 3 aromatic rings. The summed E-state index contributed by atoms with van der Waals surface area (Å²) in [5.74, 6) is 2.10. The van der Waals surface area contributed by atoms with Gasteiger partial charge in [0.2, 0.25) is 5.95 Å². The van der Waals surface area contributed by atoms with E-state index < -0.39 is 6.17 Å². The molecule has 26 heavy (non-hydrogen) atoms. The van der Waals surface area contributed by atoms with Crippen LogP contribution in [0, 0.1) is 0 Å². The van der Waals surface area contributed by atoms with Gasteiger partial charge in [0.25, 0.3) is 0 Å². The molecular formula is C17H21FN8. The van der Waals surface area contributed by atoms with Crippen LogP contribution in [-0.2, 0) is 0 Å². The lowest BCUT2D eigenvalue weighted by molar-refractivity contribution is 0.357. The van der Waals surface area contributed by atoms with Crippen LogP contribution in [0.25, 0.3) is 11.0 Å². The lowest BCUT2D eigenvalue weighted by atomic mass is 10.2. The molecule has 4 rings (SSSR count). The molecule has 0 saturated carbocycles. The van der Waals surface area contributed by atoms with Crippen molar-refractivity contribution in [1.82, 2.24) is 24.9 Å². The highest BCUT2D eigenvalue weighted by atomic mass is 19.1. The van der Waals surface area contributed by atoms with E-state index in [2.05, 4.69) is 30.2 Å². The molecule has 0 spiro atoms. The smallest absolute Gasteiger partial charge is 0.226 e.